The highest BCUT2D eigenvalue weighted by Crippen LogP contribution is 2.38. The number of anilines is 2. The molecule has 1 heterocycles. The molecule has 1 aromatic rings. The second-order valence-corrected chi connectivity index (χ2v) is 7.68. The summed E-state index contributed by atoms with van der Waals surface area (Å²) in [6.07, 6.45) is -2.13. The summed E-state index contributed by atoms with van der Waals surface area (Å²) in [5, 5.41) is 4.88. The topological polar surface area (TPSA) is 81.8 Å². The summed E-state index contributed by atoms with van der Waals surface area (Å²) in [6, 6.07) is 1.58. The van der Waals surface area contributed by atoms with Gasteiger partial charge in [-0.2, -0.15) is 13.2 Å². The first kappa shape index (κ1) is 20.9. The lowest BCUT2D eigenvalue weighted by atomic mass is 9.97. The summed E-state index contributed by atoms with van der Waals surface area (Å²) in [6.45, 7) is 1.32. The minimum atomic E-state index is -4.69. The summed E-state index contributed by atoms with van der Waals surface area (Å²) in [5.74, 6) is -1.37. The van der Waals surface area contributed by atoms with Crippen LogP contribution in [0, 0.1) is 0 Å². The van der Waals surface area contributed by atoms with Gasteiger partial charge in [-0.3, -0.25) is 9.59 Å². The Morgan fingerprint density at radius 1 is 1.24 bits per heavy atom. The standard InChI is InChI=1S/C19H23F3N4O3/c1-11(26-16(28)18(24-17(26)29)8-4-5-9-18)15(27)23-14-7-6-12(25(2)3)10-13(14)19(20,21)22/h6-7,10-11H,4-5,8-9H2,1-3H3,(H,23,27)(H,24,29). The van der Waals surface area contributed by atoms with E-state index < -0.39 is 46.9 Å². The molecule has 29 heavy (non-hydrogen) atoms. The van der Waals surface area contributed by atoms with Gasteiger partial charge in [0.15, 0.2) is 0 Å². The van der Waals surface area contributed by atoms with E-state index in [0.717, 1.165) is 29.9 Å². The van der Waals surface area contributed by atoms with Gasteiger partial charge in [0.05, 0.1) is 11.3 Å². The van der Waals surface area contributed by atoms with Crippen LogP contribution in [0.2, 0.25) is 0 Å². The molecule has 1 aromatic carbocycles. The molecule has 1 saturated carbocycles. The van der Waals surface area contributed by atoms with Crippen LogP contribution in [0.4, 0.5) is 29.3 Å². The molecule has 3 rings (SSSR count). The van der Waals surface area contributed by atoms with E-state index in [2.05, 4.69) is 10.6 Å². The largest absolute Gasteiger partial charge is 0.418 e. The molecule has 0 bridgehead atoms. The Morgan fingerprint density at radius 3 is 2.41 bits per heavy atom. The number of amides is 4. The summed E-state index contributed by atoms with van der Waals surface area (Å²) in [7, 11) is 3.21. The molecule has 1 unspecified atom stereocenters. The van der Waals surface area contributed by atoms with Gasteiger partial charge in [-0.1, -0.05) is 12.8 Å². The van der Waals surface area contributed by atoms with Gasteiger partial charge in [-0.15, -0.1) is 0 Å². The van der Waals surface area contributed by atoms with Crippen molar-refractivity contribution in [3.8, 4) is 0 Å². The third kappa shape index (κ3) is 3.75. The Kier molecular flexibility index (Phi) is 5.22. The SMILES string of the molecule is CC(C(=O)Nc1ccc(N(C)C)cc1C(F)(F)F)N1C(=O)NC2(CCCC2)C1=O. The van der Waals surface area contributed by atoms with E-state index in [9.17, 15) is 27.6 Å². The van der Waals surface area contributed by atoms with E-state index >= 15 is 0 Å². The fourth-order valence-electron chi connectivity index (χ4n) is 3.82. The van der Waals surface area contributed by atoms with Crippen molar-refractivity contribution in [2.45, 2.75) is 50.4 Å². The normalized spacial score (nSPS) is 19.4. The van der Waals surface area contributed by atoms with Gasteiger partial charge in [0, 0.05) is 19.8 Å². The summed E-state index contributed by atoms with van der Waals surface area (Å²) in [5.41, 5.74) is -2.10. The van der Waals surface area contributed by atoms with Gasteiger partial charge in [-0.25, -0.2) is 9.69 Å². The van der Waals surface area contributed by atoms with E-state index in [1.165, 1.54) is 17.9 Å². The minimum Gasteiger partial charge on any atom is -0.378 e. The van der Waals surface area contributed by atoms with Crippen molar-refractivity contribution >= 4 is 29.2 Å². The van der Waals surface area contributed by atoms with Crippen LogP contribution in [0.3, 0.4) is 0 Å². The van der Waals surface area contributed by atoms with Crippen LogP contribution in [0.25, 0.3) is 0 Å². The zero-order chi connectivity index (χ0) is 21.6. The molecule has 1 spiro atoms. The lowest BCUT2D eigenvalue weighted by Crippen LogP contribution is -2.48. The molecule has 158 valence electrons. The highest BCUT2D eigenvalue weighted by atomic mass is 19.4. The van der Waals surface area contributed by atoms with Crippen molar-refractivity contribution in [3.05, 3.63) is 23.8 Å². The van der Waals surface area contributed by atoms with Crippen molar-refractivity contribution in [1.82, 2.24) is 10.2 Å². The zero-order valence-electron chi connectivity index (χ0n) is 16.4. The van der Waals surface area contributed by atoms with Gasteiger partial charge in [-0.05, 0) is 38.0 Å². The summed E-state index contributed by atoms with van der Waals surface area (Å²) < 4.78 is 40.4. The molecular formula is C19H23F3N4O3. The van der Waals surface area contributed by atoms with Crippen molar-refractivity contribution < 1.29 is 27.6 Å². The molecule has 1 aliphatic carbocycles. The number of benzene rings is 1. The second-order valence-electron chi connectivity index (χ2n) is 7.68. The Bertz CT molecular complexity index is 848. The number of nitrogens with one attached hydrogen (secondary N) is 2. The number of hydrogen-bond donors (Lipinski definition) is 2. The molecular weight excluding hydrogens is 389 g/mol. The van der Waals surface area contributed by atoms with Crippen LogP contribution >= 0.6 is 0 Å². The fraction of sp³-hybridized carbons (Fsp3) is 0.526. The quantitative estimate of drug-likeness (QED) is 0.745. The van der Waals surface area contributed by atoms with E-state index in [1.54, 1.807) is 14.1 Å². The maximum Gasteiger partial charge on any atom is 0.418 e. The third-order valence-corrected chi connectivity index (χ3v) is 5.50. The number of carbonyl (C=O) groups is 3. The molecule has 1 atom stereocenters. The Balaban J connectivity index is 1.83. The van der Waals surface area contributed by atoms with E-state index in [1.807, 2.05) is 0 Å². The second kappa shape index (κ2) is 7.23. The fourth-order valence-corrected chi connectivity index (χ4v) is 3.82. The molecule has 4 amide bonds. The van der Waals surface area contributed by atoms with Crippen LogP contribution in [-0.2, 0) is 15.8 Å². The third-order valence-electron chi connectivity index (χ3n) is 5.50. The number of hydrogen-bond acceptors (Lipinski definition) is 4. The van der Waals surface area contributed by atoms with Crippen LogP contribution in [0.15, 0.2) is 18.2 Å². The van der Waals surface area contributed by atoms with Gasteiger partial charge in [0.1, 0.15) is 11.6 Å². The van der Waals surface area contributed by atoms with Gasteiger partial charge in [0.25, 0.3) is 5.91 Å². The number of alkyl halides is 3. The van der Waals surface area contributed by atoms with Crippen molar-refractivity contribution in [1.29, 1.82) is 0 Å². The van der Waals surface area contributed by atoms with Gasteiger partial charge < -0.3 is 15.5 Å². The van der Waals surface area contributed by atoms with E-state index in [4.69, 9.17) is 0 Å². The molecule has 10 heteroatoms. The molecule has 0 radical (unpaired) electrons. The number of nitrogens with zero attached hydrogens (tertiary/aromatic N) is 2. The number of rotatable bonds is 4. The molecule has 2 fully saturated rings. The highest BCUT2D eigenvalue weighted by Gasteiger charge is 2.54. The number of imide groups is 1. The first-order valence-electron chi connectivity index (χ1n) is 9.31. The zero-order valence-corrected chi connectivity index (χ0v) is 16.4. The molecule has 2 aliphatic rings. The predicted octanol–water partition coefficient (Wildman–Crippen LogP) is 2.96. The Hall–Kier alpha value is -2.78. The minimum absolute atomic E-state index is 0.320. The number of carbonyl (C=O) groups excluding carboxylic acids is 3. The first-order chi connectivity index (χ1) is 13.5. The van der Waals surface area contributed by atoms with Crippen LogP contribution < -0.4 is 15.5 Å². The van der Waals surface area contributed by atoms with Crippen LogP contribution in [0.5, 0.6) is 0 Å². The maximum atomic E-state index is 13.5. The molecule has 1 saturated heterocycles. The molecule has 2 N–H and O–H groups in total. The van der Waals surface area contributed by atoms with E-state index in [-0.39, 0.29) is 0 Å². The van der Waals surface area contributed by atoms with Crippen molar-refractivity contribution in [3.63, 3.8) is 0 Å². The molecule has 0 aromatic heterocycles. The van der Waals surface area contributed by atoms with Gasteiger partial charge >= 0.3 is 12.2 Å². The van der Waals surface area contributed by atoms with Crippen LogP contribution in [-0.4, -0.2) is 48.4 Å². The molecule has 1 aliphatic heterocycles. The monoisotopic (exact) mass is 412 g/mol. The number of halogens is 3. The average molecular weight is 412 g/mol. The lowest BCUT2D eigenvalue weighted by Gasteiger charge is -2.24. The summed E-state index contributed by atoms with van der Waals surface area (Å²) in [4.78, 5) is 40.0. The Morgan fingerprint density at radius 2 is 1.86 bits per heavy atom. The smallest absolute Gasteiger partial charge is 0.378 e. The van der Waals surface area contributed by atoms with E-state index in [0.29, 0.717) is 18.5 Å². The van der Waals surface area contributed by atoms with Gasteiger partial charge in [0.2, 0.25) is 5.91 Å². The van der Waals surface area contributed by atoms with Crippen molar-refractivity contribution in [2.75, 3.05) is 24.3 Å². The number of urea groups is 1. The maximum absolute atomic E-state index is 13.5. The van der Waals surface area contributed by atoms with Crippen LogP contribution in [0.1, 0.15) is 38.2 Å². The average Bonchev–Trinajstić information content (AvgIpc) is 3.19. The first-order valence-corrected chi connectivity index (χ1v) is 9.31. The predicted molar refractivity (Wildman–Crippen MR) is 100 cm³/mol. The summed E-state index contributed by atoms with van der Waals surface area (Å²) >= 11 is 0. The lowest BCUT2D eigenvalue weighted by molar-refractivity contribution is -0.138. The van der Waals surface area contributed by atoms with Crippen molar-refractivity contribution in [2.24, 2.45) is 0 Å². The Labute approximate surface area is 166 Å². The molecule has 7 nitrogen and oxygen atoms in total. The highest BCUT2D eigenvalue weighted by molar-refractivity contribution is 6.11.